The summed E-state index contributed by atoms with van der Waals surface area (Å²) in [7, 11) is 0. The topological polar surface area (TPSA) is 56.2 Å². The first-order valence-electron chi connectivity index (χ1n) is 9.92. The van der Waals surface area contributed by atoms with Crippen LogP contribution in [0.25, 0.3) is 11.0 Å². The Labute approximate surface area is 166 Å². The standard InChI is InChI=1S/C23H29N3O2/c1-17-14-18(2)16-20(15-17)28-13-7-12-26-22-9-5-4-8-21(22)25-23(26)10-6-11-24-19(3)27/h4-5,8-9,14-16H,6-7,10-13H2,1-3H3,(H,24,27). The van der Waals surface area contributed by atoms with Crippen molar-refractivity contribution in [3.8, 4) is 5.75 Å². The van der Waals surface area contributed by atoms with Crippen molar-refractivity contribution >= 4 is 16.9 Å². The van der Waals surface area contributed by atoms with Crippen molar-refractivity contribution in [3.63, 3.8) is 0 Å². The summed E-state index contributed by atoms with van der Waals surface area (Å²) >= 11 is 0. The first kappa shape index (κ1) is 19.9. The molecular weight excluding hydrogens is 350 g/mol. The Morgan fingerprint density at radius 1 is 1.11 bits per heavy atom. The zero-order valence-electron chi connectivity index (χ0n) is 17.0. The molecule has 5 nitrogen and oxygen atoms in total. The molecule has 5 heteroatoms. The molecule has 0 fully saturated rings. The van der Waals surface area contributed by atoms with Gasteiger partial charge in [-0.2, -0.15) is 0 Å². The highest BCUT2D eigenvalue weighted by atomic mass is 16.5. The summed E-state index contributed by atoms with van der Waals surface area (Å²) in [5.41, 5.74) is 4.62. The molecule has 0 saturated carbocycles. The van der Waals surface area contributed by atoms with Gasteiger partial charge in [-0.25, -0.2) is 4.98 Å². The van der Waals surface area contributed by atoms with Gasteiger partial charge in [0.25, 0.3) is 0 Å². The Morgan fingerprint density at radius 3 is 2.61 bits per heavy atom. The number of benzene rings is 2. The average molecular weight is 380 g/mol. The molecule has 28 heavy (non-hydrogen) atoms. The maximum atomic E-state index is 11.1. The molecule has 1 N–H and O–H groups in total. The van der Waals surface area contributed by atoms with Gasteiger partial charge in [0, 0.05) is 26.4 Å². The molecule has 0 unspecified atom stereocenters. The van der Waals surface area contributed by atoms with Crippen molar-refractivity contribution in [1.82, 2.24) is 14.9 Å². The molecule has 1 aromatic heterocycles. The summed E-state index contributed by atoms with van der Waals surface area (Å²) in [4.78, 5) is 15.8. The first-order valence-corrected chi connectivity index (χ1v) is 9.92. The van der Waals surface area contributed by atoms with Crippen LogP contribution in [0.2, 0.25) is 0 Å². The van der Waals surface area contributed by atoms with Crippen LogP contribution in [0, 0.1) is 13.8 Å². The molecule has 0 aliphatic rings. The highest BCUT2D eigenvalue weighted by molar-refractivity contribution is 5.76. The van der Waals surface area contributed by atoms with Crippen LogP contribution < -0.4 is 10.1 Å². The van der Waals surface area contributed by atoms with Crippen LogP contribution in [0.5, 0.6) is 5.75 Å². The zero-order valence-corrected chi connectivity index (χ0v) is 17.0. The summed E-state index contributed by atoms with van der Waals surface area (Å²) in [5, 5.41) is 2.85. The van der Waals surface area contributed by atoms with E-state index < -0.39 is 0 Å². The van der Waals surface area contributed by atoms with Crippen LogP contribution >= 0.6 is 0 Å². The minimum Gasteiger partial charge on any atom is -0.494 e. The van der Waals surface area contributed by atoms with E-state index in [1.807, 2.05) is 12.1 Å². The van der Waals surface area contributed by atoms with Crippen molar-refractivity contribution in [3.05, 3.63) is 59.4 Å². The SMILES string of the molecule is CC(=O)NCCCc1nc2ccccc2n1CCCOc1cc(C)cc(C)c1. The lowest BCUT2D eigenvalue weighted by Gasteiger charge is -2.11. The normalized spacial score (nSPS) is 11.0. The van der Waals surface area contributed by atoms with Gasteiger partial charge < -0.3 is 14.6 Å². The average Bonchev–Trinajstić information content (AvgIpc) is 2.99. The lowest BCUT2D eigenvalue weighted by atomic mass is 10.1. The van der Waals surface area contributed by atoms with Gasteiger partial charge in [0.2, 0.25) is 5.91 Å². The summed E-state index contributed by atoms with van der Waals surface area (Å²) in [5.74, 6) is 2.01. The Hall–Kier alpha value is -2.82. The van der Waals surface area contributed by atoms with Crippen LogP contribution in [0.1, 0.15) is 36.7 Å². The number of ether oxygens (including phenoxy) is 1. The summed E-state index contributed by atoms with van der Waals surface area (Å²) in [6.07, 6.45) is 2.63. The molecule has 0 bridgehead atoms. The van der Waals surface area contributed by atoms with E-state index in [-0.39, 0.29) is 5.91 Å². The molecular formula is C23H29N3O2. The molecule has 0 spiro atoms. The molecule has 2 aromatic carbocycles. The number of hydrogen-bond acceptors (Lipinski definition) is 3. The summed E-state index contributed by atoms with van der Waals surface area (Å²) < 4.78 is 8.25. The Morgan fingerprint density at radius 2 is 1.86 bits per heavy atom. The lowest BCUT2D eigenvalue weighted by molar-refractivity contribution is -0.118. The number of aromatic nitrogens is 2. The van der Waals surface area contributed by atoms with E-state index in [1.54, 1.807) is 6.92 Å². The monoisotopic (exact) mass is 379 g/mol. The van der Waals surface area contributed by atoms with Crippen LogP contribution in [-0.4, -0.2) is 28.6 Å². The highest BCUT2D eigenvalue weighted by Crippen LogP contribution is 2.19. The molecule has 148 valence electrons. The minimum atomic E-state index is 0.0111. The number of para-hydroxylation sites is 2. The predicted octanol–water partition coefficient (Wildman–Crippen LogP) is 4.19. The number of nitrogens with one attached hydrogen (secondary N) is 1. The largest absolute Gasteiger partial charge is 0.494 e. The van der Waals surface area contributed by atoms with Crippen LogP contribution in [0.15, 0.2) is 42.5 Å². The lowest BCUT2D eigenvalue weighted by Crippen LogP contribution is -2.21. The fourth-order valence-corrected chi connectivity index (χ4v) is 3.51. The van der Waals surface area contributed by atoms with Crippen LogP contribution in [-0.2, 0) is 17.8 Å². The Balaban J connectivity index is 1.62. The first-order chi connectivity index (χ1) is 13.5. The van der Waals surface area contributed by atoms with E-state index in [0.29, 0.717) is 13.2 Å². The smallest absolute Gasteiger partial charge is 0.216 e. The van der Waals surface area contributed by atoms with Gasteiger partial charge in [-0.1, -0.05) is 18.2 Å². The molecule has 1 amide bonds. The second-order valence-electron chi connectivity index (χ2n) is 7.28. The number of nitrogens with zero attached hydrogens (tertiary/aromatic N) is 2. The van der Waals surface area contributed by atoms with E-state index in [2.05, 4.69) is 54.1 Å². The second kappa shape index (κ2) is 9.40. The quantitative estimate of drug-likeness (QED) is 0.567. The molecule has 0 atom stereocenters. The van der Waals surface area contributed by atoms with Crippen molar-refractivity contribution < 1.29 is 9.53 Å². The number of amides is 1. The number of carbonyl (C=O) groups excluding carboxylic acids is 1. The molecule has 1 heterocycles. The number of carbonyl (C=O) groups is 1. The van der Waals surface area contributed by atoms with Gasteiger partial charge in [-0.05, 0) is 62.1 Å². The Bertz CT molecular complexity index is 926. The number of fused-ring (bicyclic) bond motifs is 1. The number of aryl methyl sites for hydroxylation is 4. The van der Waals surface area contributed by atoms with Crippen LogP contribution in [0.3, 0.4) is 0 Å². The van der Waals surface area contributed by atoms with Crippen molar-refractivity contribution in [2.75, 3.05) is 13.2 Å². The van der Waals surface area contributed by atoms with Gasteiger partial charge in [0.05, 0.1) is 17.6 Å². The number of rotatable bonds is 9. The van der Waals surface area contributed by atoms with Crippen molar-refractivity contribution in [2.45, 2.75) is 46.6 Å². The van der Waals surface area contributed by atoms with Crippen molar-refractivity contribution in [2.24, 2.45) is 0 Å². The molecule has 0 aliphatic heterocycles. The fourth-order valence-electron chi connectivity index (χ4n) is 3.51. The van der Waals surface area contributed by atoms with E-state index in [4.69, 9.17) is 9.72 Å². The van der Waals surface area contributed by atoms with Crippen molar-refractivity contribution in [1.29, 1.82) is 0 Å². The fraction of sp³-hybridized carbons (Fsp3) is 0.391. The van der Waals surface area contributed by atoms with Gasteiger partial charge in [0.1, 0.15) is 11.6 Å². The molecule has 0 radical (unpaired) electrons. The van der Waals surface area contributed by atoms with Crippen LogP contribution in [0.4, 0.5) is 0 Å². The third-order valence-corrected chi connectivity index (χ3v) is 4.67. The second-order valence-corrected chi connectivity index (χ2v) is 7.28. The Kier molecular flexibility index (Phi) is 6.69. The highest BCUT2D eigenvalue weighted by Gasteiger charge is 2.10. The number of imidazole rings is 1. The zero-order chi connectivity index (χ0) is 19.9. The third kappa shape index (κ3) is 5.35. The molecule has 3 rings (SSSR count). The summed E-state index contributed by atoms with van der Waals surface area (Å²) in [6, 6.07) is 14.5. The maximum absolute atomic E-state index is 11.1. The van der Waals surface area contributed by atoms with Gasteiger partial charge in [0.15, 0.2) is 0 Å². The molecule has 3 aromatic rings. The van der Waals surface area contributed by atoms with Gasteiger partial charge in [-0.3, -0.25) is 4.79 Å². The van der Waals surface area contributed by atoms with E-state index in [9.17, 15) is 4.79 Å². The number of hydrogen-bond donors (Lipinski definition) is 1. The molecule has 0 aliphatic carbocycles. The summed E-state index contributed by atoms with van der Waals surface area (Å²) in [6.45, 7) is 7.93. The molecule has 0 saturated heterocycles. The maximum Gasteiger partial charge on any atom is 0.216 e. The predicted molar refractivity (Wildman–Crippen MR) is 113 cm³/mol. The minimum absolute atomic E-state index is 0.0111. The van der Waals surface area contributed by atoms with E-state index in [1.165, 1.54) is 11.1 Å². The van der Waals surface area contributed by atoms with E-state index >= 15 is 0 Å². The van der Waals surface area contributed by atoms with Gasteiger partial charge >= 0.3 is 0 Å². The van der Waals surface area contributed by atoms with E-state index in [0.717, 1.165) is 48.4 Å². The third-order valence-electron chi connectivity index (χ3n) is 4.67. The van der Waals surface area contributed by atoms with Gasteiger partial charge in [-0.15, -0.1) is 0 Å².